The number of hydrogen-bond donors (Lipinski definition) is 2. The fourth-order valence-corrected chi connectivity index (χ4v) is 2.77. The summed E-state index contributed by atoms with van der Waals surface area (Å²) < 4.78 is 0. The van der Waals surface area contributed by atoms with Gasteiger partial charge in [-0.15, -0.1) is 0 Å². The molecule has 1 atom stereocenters. The lowest BCUT2D eigenvalue weighted by atomic mass is 10.1. The number of thiol groups is 1. The molecule has 2 aromatic rings. The van der Waals surface area contributed by atoms with E-state index in [2.05, 4.69) is 22.8 Å². The number of carbonyl (C=O) groups excluding carboxylic acids is 1. The van der Waals surface area contributed by atoms with Crippen molar-refractivity contribution in [1.29, 1.82) is 0 Å². The van der Waals surface area contributed by atoms with Crippen LogP contribution in [0, 0.1) is 0 Å². The monoisotopic (exact) mass is 293 g/mol. The first kappa shape index (κ1) is 12.6. The van der Waals surface area contributed by atoms with Crippen molar-refractivity contribution in [3.63, 3.8) is 0 Å². The number of carbonyl (C=O) groups is 1. The van der Waals surface area contributed by atoms with E-state index in [1.807, 2.05) is 24.3 Å². The molecular weight excluding hydrogens is 282 g/mol. The molecule has 1 aliphatic rings. The van der Waals surface area contributed by atoms with E-state index >= 15 is 0 Å². The van der Waals surface area contributed by atoms with Crippen LogP contribution in [0.2, 0.25) is 5.02 Å². The van der Waals surface area contributed by atoms with E-state index in [-0.39, 0.29) is 11.2 Å². The third kappa shape index (κ3) is 2.35. The minimum Gasteiger partial charge on any atom is -0.296 e. The summed E-state index contributed by atoms with van der Waals surface area (Å²) in [5.74, 6) is 0.774. The van der Waals surface area contributed by atoms with Crippen molar-refractivity contribution in [2.45, 2.75) is 11.7 Å². The second-order valence-electron chi connectivity index (χ2n) is 4.50. The molecular formula is C13H12ClN3OS. The molecule has 0 spiro atoms. The van der Waals surface area contributed by atoms with Crippen molar-refractivity contribution in [3.8, 4) is 11.1 Å². The highest BCUT2D eigenvalue weighted by molar-refractivity contribution is 7.81. The number of aromatic amines is 1. The van der Waals surface area contributed by atoms with Gasteiger partial charge in [-0.05, 0) is 17.7 Å². The third-order valence-electron chi connectivity index (χ3n) is 3.13. The van der Waals surface area contributed by atoms with Gasteiger partial charge in [0, 0.05) is 28.8 Å². The second kappa shape index (κ2) is 4.90. The Kier molecular flexibility index (Phi) is 3.24. The molecule has 0 saturated carbocycles. The number of aromatic nitrogens is 2. The summed E-state index contributed by atoms with van der Waals surface area (Å²) >= 11 is 10.4. The summed E-state index contributed by atoms with van der Waals surface area (Å²) in [6, 6.07) is 7.49. The van der Waals surface area contributed by atoms with E-state index in [0.717, 1.165) is 11.1 Å². The molecule has 0 aliphatic carbocycles. The van der Waals surface area contributed by atoms with Gasteiger partial charge in [-0.3, -0.25) is 14.8 Å². The summed E-state index contributed by atoms with van der Waals surface area (Å²) in [5, 5.41) is 7.67. The molecule has 1 unspecified atom stereocenters. The van der Waals surface area contributed by atoms with Gasteiger partial charge in [0.25, 0.3) is 0 Å². The van der Waals surface area contributed by atoms with Crippen molar-refractivity contribution < 1.29 is 4.79 Å². The van der Waals surface area contributed by atoms with Gasteiger partial charge in [0.1, 0.15) is 5.82 Å². The Morgan fingerprint density at radius 2 is 2.32 bits per heavy atom. The van der Waals surface area contributed by atoms with Crippen LogP contribution < -0.4 is 4.90 Å². The van der Waals surface area contributed by atoms with Crippen LogP contribution in [0.15, 0.2) is 30.5 Å². The summed E-state index contributed by atoms with van der Waals surface area (Å²) in [6.07, 6.45) is 2.16. The Hall–Kier alpha value is -1.46. The normalized spacial score (nSPS) is 19.2. The number of benzene rings is 1. The fourth-order valence-electron chi connectivity index (χ4n) is 2.26. The van der Waals surface area contributed by atoms with Crippen LogP contribution in [0.3, 0.4) is 0 Å². The van der Waals surface area contributed by atoms with Crippen molar-refractivity contribution in [1.82, 2.24) is 10.2 Å². The Bertz CT molecular complexity index is 628. The molecule has 1 aromatic heterocycles. The van der Waals surface area contributed by atoms with Gasteiger partial charge >= 0.3 is 0 Å². The van der Waals surface area contributed by atoms with Gasteiger partial charge < -0.3 is 0 Å². The highest BCUT2D eigenvalue weighted by Crippen LogP contribution is 2.33. The fraction of sp³-hybridized carbons (Fsp3) is 0.231. The predicted molar refractivity (Wildman–Crippen MR) is 78.8 cm³/mol. The largest absolute Gasteiger partial charge is 0.296 e. The van der Waals surface area contributed by atoms with Gasteiger partial charge in [-0.2, -0.15) is 17.7 Å². The highest BCUT2D eigenvalue weighted by Gasteiger charge is 2.31. The summed E-state index contributed by atoms with van der Waals surface area (Å²) in [7, 11) is 0. The molecule has 1 amide bonds. The number of anilines is 1. The average Bonchev–Trinajstić information content (AvgIpc) is 2.95. The first-order valence-electron chi connectivity index (χ1n) is 5.93. The first-order chi connectivity index (χ1) is 9.15. The van der Waals surface area contributed by atoms with Gasteiger partial charge in [0.2, 0.25) is 5.91 Å². The molecule has 0 bridgehead atoms. The number of nitrogens with one attached hydrogen (secondary N) is 1. The highest BCUT2D eigenvalue weighted by atomic mass is 35.5. The van der Waals surface area contributed by atoms with E-state index in [1.165, 1.54) is 0 Å². The second-order valence-corrected chi connectivity index (χ2v) is 5.67. The molecule has 2 heterocycles. The van der Waals surface area contributed by atoms with Crippen molar-refractivity contribution in [2.24, 2.45) is 0 Å². The molecule has 98 valence electrons. The predicted octanol–water partition coefficient (Wildman–Crippen LogP) is 2.77. The lowest BCUT2D eigenvalue weighted by Gasteiger charge is -2.15. The first-order valence-corrected chi connectivity index (χ1v) is 6.82. The average molecular weight is 294 g/mol. The molecule has 1 fully saturated rings. The molecule has 3 rings (SSSR count). The summed E-state index contributed by atoms with van der Waals surface area (Å²) in [4.78, 5) is 13.6. The van der Waals surface area contributed by atoms with Gasteiger partial charge in [0.15, 0.2) is 0 Å². The van der Waals surface area contributed by atoms with E-state index < -0.39 is 0 Å². The minimum absolute atomic E-state index is 0.0625. The van der Waals surface area contributed by atoms with Crippen LogP contribution in [0.25, 0.3) is 11.1 Å². The van der Waals surface area contributed by atoms with Gasteiger partial charge in [0.05, 0.1) is 6.20 Å². The standard InChI is InChI=1S/C13H12ClN3OS/c14-9-3-1-2-8(4-9)11-6-15-16-13(11)17-7-10(19)5-12(17)18/h1-4,6,10,19H,5,7H2,(H,15,16). The molecule has 1 aliphatic heterocycles. The number of nitrogens with zero attached hydrogens (tertiary/aromatic N) is 2. The van der Waals surface area contributed by atoms with Gasteiger partial charge in [-0.25, -0.2) is 0 Å². The Morgan fingerprint density at radius 3 is 3.00 bits per heavy atom. The maximum Gasteiger partial charge on any atom is 0.229 e. The summed E-state index contributed by atoms with van der Waals surface area (Å²) in [6.45, 7) is 0.595. The maximum absolute atomic E-state index is 11.9. The molecule has 19 heavy (non-hydrogen) atoms. The van der Waals surface area contributed by atoms with E-state index in [9.17, 15) is 4.79 Å². The molecule has 0 radical (unpaired) electrons. The number of rotatable bonds is 2. The van der Waals surface area contributed by atoms with Gasteiger partial charge in [-0.1, -0.05) is 23.7 Å². The molecule has 1 saturated heterocycles. The topological polar surface area (TPSA) is 49.0 Å². The van der Waals surface area contributed by atoms with Crippen LogP contribution in [0.4, 0.5) is 5.82 Å². The van der Waals surface area contributed by atoms with Crippen LogP contribution in [-0.2, 0) is 4.79 Å². The lowest BCUT2D eigenvalue weighted by molar-refractivity contribution is -0.117. The van der Waals surface area contributed by atoms with Crippen LogP contribution in [0.5, 0.6) is 0 Å². The number of H-pyrrole nitrogens is 1. The number of halogens is 1. The zero-order valence-corrected chi connectivity index (χ0v) is 11.7. The number of amides is 1. The van der Waals surface area contributed by atoms with E-state index in [1.54, 1.807) is 11.1 Å². The number of hydrogen-bond acceptors (Lipinski definition) is 3. The van der Waals surface area contributed by atoms with E-state index in [4.69, 9.17) is 11.6 Å². The smallest absolute Gasteiger partial charge is 0.229 e. The minimum atomic E-state index is 0.0625. The molecule has 1 N–H and O–H groups in total. The van der Waals surface area contributed by atoms with Crippen molar-refractivity contribution in [2.75, 3.05) is 11.4 Å². The maximum atomic E-state index is 11.9. The molecule has 6 heteroatoms. The molecule has 1 aromatic carbocycles. The lowest BCUT2D eigenvalue weighted by Crippen LogP contribution is -2.25. The SMILES string of the molecule is O=C1CC(S)CN1c1[nH]ncc1-c1cccc(Cl)c1. The van der Waals surface area contributed by atoms with Crippen molar-refractivity contribution >= 4 is 36.0 Å². The van der Waals surface area contributed by atoms with Crippen LogP contribution in [0.1, 0.15) is 6.42 Å². The van der Waals surface area contributed by atoms with Crippen LogP contribution in [-0.4, -0.2) is 27.9 Å². The third-order valence-corrected chi connectivity index (χ3v) is 3.71. The Morgan fingerprint density at radius 1 is 1.47 bits per heavy atom. The zero-order valence-electron chi connectivity index (χ0n) is 10.0. The zero-order chi connectivity index (χ0) is 13.4. The van der Waals surface area contributed by atoms with Crippen molar-refractivity contribution in [3.05, 3.63) is 35.5 Å². The molecule has 4 nitrogen and oxygen atoms in total. The van der Waals surface area contributed by atoms with Crippen LogP contribution >= 0.6 is 24.2 Å². The summed E-state index contributed by atoms with van der Waals surface area (Å²) in [5.41, 5.74) is 1.81. The quantitative estimate of drug-likeness (QED) is 0.837. The van der Waals surface area contributed by atoms with E-state index in [0.29, 0.717) is 23.8 Å². The Labute approximate surface area is 121 Å². The Balaban J connectivity index is 2.01.